The van der Waals surface area contributed by atoms with Crippen LogP contribution in [-0.4, -0.2) is 38.3 Å². The average molecular weight is 462 g/mol. The van der Waals surface area contributed by atoms with E-state index in [1.807, 2.05) is 55.5 Å². The highest BCUT2D eigenvalue weighted by atomic mass is 16.5. The first-order valence-corrected chi connectivity index (χ1v) is 11.1. The van der Waals surface area contributed by atoms with Crippen LogP contribution in [0.5, 0.6) is 0 Å². The lowest BCUT2D eigenvalue weighted by atomic mass is 10.1. The van der Waals surface area contributed by atoms with Gasteiger partial charge >= 0.3 is 5.69 Å². The second-order valence-electron chi connectivity index (χ2n) is 7.95. The number of hydrogen-bond acceptors (Lipinski definition) is 5. The van der Waals surface area contributed by atoms with Crippen LogP contribution in [0.25, 0.3) is 11.2 Å². The molecular formula is C25H27N5O4. The summed E-state index contributed by atoms with van der Waals surface area (Å²) >= 11 is 0. The van der Waals surface area contributed by atoms with E-state index in [0.717, 1.165) is 22.1 Å². The number of imidazole rings is 1. The van der Waals surface area contributed by atoms with E-state index >= 15 is 0 Å². The average Bonchev–Trinajstić information content (AvgIpc) is 3.28. The lowest BCUT2D eigenvalue weighted by Gasteiger charge is -2.13. The zero-order valence-corrected chi connectivity index (χ0v) is 19.2. The fourth-order valence-electron chi connectivity index (χ4n) is 3.86. The summed E-state index contributed by atoms with van der Waals surface area (Å²) in [7, 11) is 1.57. The van der Waals surface area contributed by atoms with Gasteiger partial charge in [0.2, 0.25) is 5.91 Å². The van der Waals surface area contributed by atoms with Crippen LogP contribution in [0.15, 0.2) is 70.5 Å². The summed E-state index contributed by atoms with van der Waals surface area (Å²) < 4.78 is 9.20. The normalized spacial score (nSPS) is 11.1. The maximum absolute atomic E-state index is 13.4. The first-order valence-electron chi connectivity index (χ1n) is 11.1. The Kier molecular flexibility index (Phi) is 7.03. The summed E-state index contributed by atoms with van der Waals surface area (Å²) in [6.45, 7) is 2.60. The second-order valence-corrected chi connectivity index (χ2v) is 7.95. The first-order chi connectivity index (χ1) is 16.5. The number of carbonyl (C=O) groups excluding carboxylic acids is 1. The van der Waals surface area contributed by atoms with Crippen LogP contribution in [0.2, 0.25) is 0 Å². The highest BCUT2D eigenvalue weighted by Crippen LogP contribution is 2.12. The zero-order chi connectivity index (χ0) is 24.1. The lowest BCUT2D eigenvalue weighted by molar-refractivity contribution is -0.116. The summed E-state index contributed by atoms with van der Waals surface area (Å²) in [6.07, 6.45) is 2.35. The van der Waals surface area contributed by atoms with Crippen molar-refractivity contribution in [3.63, 3.8) is 0 Å². The Morgan fingerprint density at radius 2 is 1.79 bits per heavy atom. The molecule has 9 heteroatoms. The molecule has 2 heterocycles. The van der Waals surface area contributed by atoms with Gasteiger partial charge in [0.05, 0.1) is 19.5 Å². The van der Waals surface area contributed by atoms with Gasteiger partial charge in [0.1, 0.15) is 6.54 Å². The summed E-state index contributed by atoms with van der Waals surface area (Å²) in [5.41, 5.74) is 1.96. The van der Waals surface area contributed by atoms with Crippen molar-refractivity contribution in [1.82, 2.24) is 18.7 Å². The van der Waals surface area contributed by atoms with E-state index in [0.29, 0.717) is 18.8 Å². The Labute approximate surface area is 196 Å². The quantitative estimate of drug-likeness (QED) is 0.412. The minimum atomic E-state index is -0.587. The smallest absolute Gasteiger partial charge is 0.333 e. The van der Waals surface area contributed by atoms with E-state index in [-0.39, 0.29) is 17.7 Å². The van der Waals surface area contributed by atoms with Crippen LogP contribution in [0, 0.1) is 0 Å². The number of aromatic nitrogens is 4. The number of aryl methyl sites for hydroxylation is 1. The Morgan fingerprint density at radius 3 is 2.53 bits per heavy atom. The van der Waals surface area contributed by atoms with E-state index in [9.17, 15) is 14.4 Å². The van der Waals surface area contributed by atoms with E-state index in [1.165, 1.54) is 10.9 Å². The van der Waals surface area contributed by atoms with Crippen molar-refractivity contribution in [3.8, 4) is 0 Å². The van der Waals surface area contributed by atoms with Crippen LogP contribution >= 0.6 is 0 Å². The molecule has 1 N–H and O–H groups in total. The van der Waals surface area contributed by atoms with Crippen molar-refractivity contribution in [1.29, 1.82) is 0 Å². The molecule has 0 aliphatic heterocycles. The van der Waals surface area contributed by atoms with Crippen LogP contribution in [0.4, 0.5) is 5.69 Å². The second kappa shape index (κ2) is 10.3. The Balaban J connectivity index is 1.76. The molecule has 0 aliphatic carbocycles. The number of hydrogen-bond donors (Lipinski definition) is 1. The number of ether oxygens (including phenoxy) is 1. The molecule has 0 aliphatic rings. The number of anilines is 1. The van der Waals surface area contributed by atoms with Crippen LogP contribution in [0.3, 0.4) is 0 Å². The minimum Gasteiger partial charge on any atom is -0.383 e. The third-order valence-electron chi connectivity index (χ3n) is 5.62. The van der Waals surface area contributed by atoms with Gasteiger partial charge in [-0.25, -0.2) is 14.3 Å². The first kappa shape index (κ1) is 23.2. The van der Waals surface area contributed by atoms with Gasteiger partial charge < -0.3 is 14.6 Å². The molecule has 0 spiro atoms. The maximum Gasteiger partial charge on any atom is 0.333 e. The highest BCUT2D eigenvalue weighted by molar-refractivity contribution is 5.90. The molecule has 0 saturated heterocycles. The predicted octanol–water partition coefficient (Wildman–Crippen LogP) is 2.26. The summed E-state index contributed by atoms with van der Waals surface area (Å²) in [5, 5.41) is 2.79. The molecule has 0 radical (unpaired) electrons. The van der Waals surface area contributed by atoms with Crippen molar-refractivity contribution in [2.75, 3.05) is 19.0 Å². The SMILES string of the molecule is CCc1cccc(NC(=O)Cn2c(=O)c3c(ncn3CCOC)n(Cc3ccccc3)c2=O)c1. The van der Waals surface area contributed by atoms with E-state index in [4.69, 9.17) is 4.74 Å². The molecule has 176 valence electrons. The number of nitrogens with zero attached hydrogens (tertiary/aromatic N) is 4. The van der Waals surface area contributed by atoms with Gasteiger partial charge in [-0.3, -0.25) is 14.2 Å². The van der Waals surface area contributed by atoms with Crippen molar-refractivity contribution in [2.45, 2.75) is 33.0 Å². The molecule has 0 bridgehead atoms. The van der Waals surface area contributed by atoms with Gasteiger partial charge in [0, 0.05) is 19.3 Å². The number of fused-ring (bicyclic) bond motifs is 1. The molecule has 34 heavy (non-hydrogen) atoms. The topological polar surface area (TPSA) is 100 Å². The third kappa shape index (κ3) is 4.84. The Hall–Kier alpha value is -3.98. The van der Waals surface area contributed by atoms with Gasteiger partial charge in [0.25, 0.3) is 5.56 Å². The predicted molar refractivity (Wildman–Crippen MR) is 130 cm³/mol. The monoisotopic (exact) mass is 461 g/mol. The highest BCUT2D eigenvalue weighted by Gasteiger charge is 2.20. The largest absolute Gasteiger partial charge is 0.383 e. The van der Waals surface area contributed by atoms with Gasteiger partial charge in [-0.15, -0.1) is 0 Å². The number of methoxy groups -OCH3 is 1. The van der Waals surface area contributed by atoms with E-state index in [2.05, 4.69) is 10.3 Å². The van der Waals surface area contributed by atoms with Crippen molar-refractivity contribution in [3.05, 3.63) is 92.9 Å². The molecule has 2 aromatic carbocycles. The maximum atomic E-state index is 13.4. The fraction of sp³-hybridized carbons (Fsp3) is 0.280. The molecule has 4 aromatic rings. The van der Waals surface area contributed by atoms with Crippen LogP contribution < -0.4 is 16.6 Å². The Morgan fingerprint density at radius 1 is 1.03 bits per heavy atom. The molecule has 1 amide bonds. The molecular weight excluding hydrogens is 434 g/mol. The summed E-state index contributed by atoms with van der Waals surface area (Å²) in [6, 6.07) is 16.9. The van der Waals surface area contributed by atoms with Crippen molar-refractivity contribution in [2.24, 2.45) is 0 Å². The van der Waals surface area contributed by atoms with Crippen LogP contribution in [-0.2, 0) is 35.6 Å². The summed E-state index contributed by atoms with van der Waals surface area (Å²) in [4.78, 5) is 43.9. The van der Waals surface area contributed by atoms with Crippen molar-refractivity contribution < 1.29 is 9.53 Å². The van der Waals surface area contributed by atoms with Gasteiger partial charge in [-0.1, -0.05) is 49.4 Å². The molecule has 9 nitrogen and oxygen atoms in total. The third-order valence-corrected chi connectivity index (χ3v) is 5.62. The molecule has 2 aromatic heterocycles. The van der Waals surface area contributed by atoms with Crippen LogP contribution in [0.1, 0.15) is 18.1 Å². The lowest BCUT2D eigenvalue weighted by Crippen LogP contribution is -2.43. The number of benzene rings is 2. The number of rotatable bonds is 9. The molecule has 0 atom stereocenters. The van der Waals surface area contributed by atoms with Gasteiger partial charge in [0.15, 0.2) is 11.2 Å². The summed E-state index contributed by atoms with van der Waals surface area (Å²) in [5.74, 6) is -0.457. The standard InChI is InChI=1S/C25H27N5O4/c1-3-18-10-7-11-20(14-18)27-21(31)16-30-24(32)22-23(26-17-28(22)12-13-34-2)29(25(30)33)15-19-8-5-4-6-9-19/h4-11,14,17H,3,12-13,15-16H2,1-2H3,(H,27,31). The number of amides is 1. The van der Waals surface area contributed by atoms with E-state index < -0.39 is 23.7 Å². The zero-order valence-electron chi connectivity index (χ0n) is 19.2. The number of carbonyl (C=O) groups is 1. The van der Waals surface area contributed by atoms with Gasteiger partial charge in [-0.05, 0) is 29.7 Å². The molecule has 0 unspecified atom stereocenters. The number of nitrogens with one attached hydrogen (secondary N) is 1. The Bertz CT molecular complexity index is 1420. The van der Waals surface area contributed by atoms with Gasteiger partial charge in [-0.2, -0.15) is 0 Å². The van der Waals surface area contributed by atoms with E-state index in [1.54, 1.807) is 17.7 Å². The molecule has 0 fully saturated rings. The fourth-order valence-corrected chi connectivity index (χ4v) is 3.86. The minimum absolute atomic E-state index is 0.220. The molecule has 4 rings (SSSR count). The molecule has 0 saturated carbocycles. The van der Waals surface area contributed by atoms with Crippen molar-refractivity contribution >= 4 is 22.8 Å².